The van der Waals surface area contributed by atoms with Crippen LogP contribution in [0.1, 0.15) is 18.1 Å². The molecule has 0 saturated carbocycles. The number of hydrogen-bond donors (Lipinski definition) is 1. The summed E-state index contributed by atoms with van der Waals surface area (Å²) in [5.74, 6) is 0.806. The van der Waals surface area contributed by atoms with Crippen molar-refractivity contribution in [1.29, 1.82) is 0 Å². The Morgan fingerprint density at radius 3 is 2.69 bits per heavy atom. The van der Waals surface area contributed by atoms with Gasteiger partial charge in [-0.05, 0) is 25.5 Å². The first-order chi connectivity index (χ1) is 6.19. The Balaban J connectivity index is 3.13. The van der Waals surface area contributed by atoms with Crippen molar-refractivity contribution in [2.75, 3.05) is 7.11 Å². The lowest BCUT2D eigenvalue weighted by Crippen LogP contribution is -1.96. The molecule has 0 aliphatic rings. The van der Waals surface area contributed by atoms with Crippen molar-refractivity contribution in [3.63, 3.8) is 0 Å². The van der Waals surface area contributed by atoms with Crippen molar-refractivity contribution >= 4 is 5.71 Å². The molecule has 0 aromatic heterocycles. The van der Waals surface area contributed by atoms with Crippen molar-refractivity contribution in [2.45, 2.75) is 13.8 Å². The summed E-state index contributed by atoms with van der Waals surface area (Å²) >= 11 is 0. The highest BCUT2D eigenvalue weighted by molar-refractivity contribution is 5.98. The van der Waals surface area contributed by atoms with Crippen LogP contribution in [0.25, 0.3) is 0 Å². The Morgan fingerprint density at radius 1 is 1.46 bits per heavy atom. The van der Waals surface area contributed by atoms with Gasteiger partial charge in [0.1, 0.15) is 5.75 Å². The van der Waals surface area contributed by atoms with Gasteiger partial charge in [0.2, 0.25) is 0 Å². The van der Waals surface area contributed by atoms with Crippen molar-refractivity contribution in [1.82, 2.24) is 0 Å². The van der Waals surface area contributed by atoms with E-state index in [1.807, 2.05) is 25.1 Å². The molecule has 1 N–H and O–H groups in total. The Labute approximate surface area is 77.6 Å². The molecule has 0 heterocycles. The van der Waals surface area contributed by atoms with Crippen LogP contribution >= 0.6 is 0 Å². The standard InChI is InChI=1S/C10H13NO2/c1-7-4-5-9(8(2)11-12)6-10(7)13-3/h4-6,12H,1-3H3. The molecule has 0 amide bonds. The second kappa shape index (κ2) is 3.94. The Bertz CT molecular complexity index is 332. The molecule has 1 rings (SSSR count). The minimum absolute atomic E-state index is 0.582. The first-order valence-electron chi connectivity index (χ1n) is 4.02. The topological polar surface area (TPSA) is 41.8 Å². The number of methoxy groups -OCH3 is 1. The average Bonchev–Trinajstić information content (AvgIpc) is 2.17. The Morgan fingerprint density at radius 2 is 2.15 bits per heavy atom. The first kappa shape index (κ1) is 9.58. The number of aryl methyl sites for hydroxylation is 1. The van der Waals surface area contributed by atoms with Gasteiger partial charge < -0.3 is 9.94 Å². The fourth-order valence-electron chi connectivity index (χ4n) is 1.10. The lowest BCUT2D eigenvalue weighted by atomic mass is 10.1. The number of ether oxygens (including phenoxy) is 1. The molecule has 0 unspecified atom stereocenters. The zero-order chi connectivity index (χ0) is 9.84. The first-order valence-corrected chi connectivity index (χ1v) is 4.02. The lowest BCUT2D eigenvalue weighted by Gasteiger charge is -2.06. The predicted molar refractivity (Wildman–Crippen MR) is 51.7 cm³/mol. The molecule has 3 nitrogen and oxygen atoms in total. The summed E-state index contributed by atoms with van der Waals surface area (Å²) in [7, 11) is 1.62. The maximum atomic E-state index is 8.57. The number of benzene rings is 1. The third kappa shape index (κ3) is 1.99. The summed E-state index contributed by atoms with van der Waals surface area (Å²) in [6.45, 7) is 3.71. The van der Waals surface area contributed by atoms with E-state index in [1.165, 1.54) is 0 Å². The highest BCUT2D eigenvalue weighted by atomic mass is 16.5. The van der Waals surface area contributed by atoms with E-state index in [9.17, 15) is 0 Å². The van der Waals surface area contributed by atoms with E-state index in [4.69, 9.17) is 9.94 Å². The van der Waals surface area contributed by atoms with Crippen molar-refractivity contribution in [3.05, 3.63) is 29.3 Å². The molecular weight excluding hydrogens is 166 g/mol. The smallest absolute Gasteiger partial charge is 0.122 e. The van der Waals surface area contributed by atoms with Gasteiger partial charge in [-0.15, -0.1) is 0 Å². The van der Waals surface area contributed by atoms with E-state index in [0.717, 1.165) is 16.9 Å². The molecule has 0 aliphatic carbocycles. The summed E-state index contributed by atoms with van der Waals surface area (Å²) < 4.78 is 5.14. The van der Waals surface area contributed by atoms with Crippen LogP contribution in [0.3, 0.4) is 0 Å². The quantitative estimate of drug-likeness (QED) is 0.429. The monoisotopic (exact) mass is 179 g/mol. The van der Waals surface area contributed by atoms with Crippen LogP contribution in [0.5, 0.6) is 5.75 Å². The van der Waals surface area contributed by atoms with E-state index in [-0.39, 0.29) is 0 Å². The van der Waals surface area contributed by atoms with Crippen LogP contribution in [-0.4, -0.2) is 18.0 Å². The van der Waals surface area contributed by atoms with Gasteiger partial charge in [-0.1, -0.05) is 17.3 Å². The largest absolute Gasteiger partial charge is 0.496 e. The van der Waals surface area contributed by atoms with E-state index in [2.05, 4.69) is 5.16 Å². The molecule has 0 radical (unpaired) electrons. The second-order valence-corrected chi connectivity index (χ2v) is 2.87. The van der Waals surface area contributed by atoms with Gasteiger partial charge in [-0.3, -0.25) is 0 Å². The Kier molecular flexibility index (Phi) is 2.90. The maximum absolute atomic E-state index is 8.57. The third-order valence-corrected chi connectivity index (χ3v) is 1.98. The van der Waals surface area contributed by atoms with E-state index in [1.54, 1.807) is 14.0 Å². The molecular formula is C10H13NO2. The van der Waals surface area contributed by atoms with Gasteiger partial charge in [-0.25, -0.2) is 0 Å². The molecule has 70 valence electrons. The molecule has 0 aliphatic heterocycles. The van der Waals surface area contributed by atoms with Crippen LogP contribution in [0.4, 0.5) is 0 Å². The molecule has 0 bridgehead atoms. The molecule has 0 spiro atoms. The number of nitrogens with zero attached hydrogens (tertiary/aromatic N) is 1. The van der Waals surface area contributed by atoms with E-state index < -0.39 is 0 Å². The molecule has 0 saturated heterocycles. The van der Waals surface area contributed by atoms with E-state index in [0.29, 0.717) is 5.71 Å². The zero-order valence-electron chi connectivity index (χ0n) is 8.03. The predicted octanol–water partition coefficient (Wildman–Crippen LogP) is 2.20. The highest BCUT2D eigenvalue weighted by Gasteiger charge is 2.02. The molecule has 1 aromatic carbocycles. The van der Waals surface area contributed by atoms with Crippen LogP contribution in [0.15, 0.2) is 23.4 Å². The molecule has 3 heteroatoms. The summed E-state index contributed by atoms with van der Waals surface area (Å²) in [5.41, 5.74) is 2.51. The van der Waals surface area contributed by atoms with Crippen LogP contribution in [0.2, 0.25) is 0 Å². The average molecular weight is 179 g/mol. The van der Waals surface area contributed by atoms with Crippen LogP contribution in [0, 0.1) is 6.92 Å². The fourth-order valence-corrected chi connectivity index (χ4v) is 1.10. The summed E-state index contributed by atoms with van der Waals surface area (Å²) in [6.07, 6.45) is 0. The number of hydrogen-bond acceptors (Lipinski definition) is 3. The third-order valence-electron chi connectivity index (χ3n) is 1.98. The van der Waals surface area contributed by atoms with Crippen LogP contribution < -0.4 is 4.74 Å². The molecule has 0 fully saturated rings. The van der Waals surface area contributed by atoms with Gasteiger partial charge in [0, 0.05) is 5.56 Å². The zero-order valence-corrected chi connectivity index (χ0v) is 8.03. The van der Waals surface area contributed by atoms with Gasteiger partial charge in [-0.2, -0.15) is 0 Å². The minimum Gasteiger partial charge on any atom is -0.496 e. The summed E-state index contributed by atoms with van der Waals surface area (Å²) in [6, 6.07) is 5.68. The number of rotatable bonds is 2. The van der Waals surface area contributed by atoms with E-state index >= 15 is 0 Å². The van der Waals surface area contributed by atoms with Crippen molar-refractivity contribution < 1.29 is 9.94 Å². The van der Waals surface area contributed by atoms with Crippen molar-refractivity contribution in [3.8, 4) is 5.75 Å². The van der Waals surface area contributed by atoms with Gasteiger partial charge in [0.15, 0.2) is 0 Å². The molecule has 1 aromatic rings. The number of oxime groups is 1. The SMILES string of the molecule is COc1cc(C(C)=NO)ccc1C. The molecule has 13 heavy (non-hydrogen) atoms. The van der Waals surface area contributed by atoms with Crippen LogP contribution in [-0.2, 0) is 0 Å². The summed E-state index contributed by atoms with van der Waals surface area (Å²) in [5, 5.41) is 11.7. The maximum Gasteiger partial charge on any atom is 0.122 e. The normalized spacial score (nSPS) is 11.5. The molecule has 0 atom stereocenters. The summed E-state index contributed by atoms with van der Waals surface area (Å²) in [4.78, 5) is 0. The fraction of sp³-hybridized carbons (Fsp3) is 0.300. The highest BCUT2D eigenvalue weighted by Crippen LogP contribution is 2.19. The van der Waals surface area contributed by atoms with Gasteiger partial charge >= 0.3 is 0 Å². The Hall–Kier alpha value is -1.51. The van der Waals surface area contributed by atoms with Gasteiger partial charge in [0.25, 0.3) is 0 Å². The van der Waals surface area contributed by atoms with Gasteiger partial charge in [0.05, 0.1) is 12.8 Å². The second-order valence-electron chi connectivity index (χ2n) is 2.87. The lowest BCUT2D eigenvalue weighted by molar-refractivity contribution is 0.319. The minimum atomic E-state index is 0.582. The van der Waals surface area contributed by atoms with Crippen molar-refractivity contribution in [2.24, 2.45) is 5.16 Å².